The van der Waals surface area contributed by atoms with Crippen LogP contribution >= 0.6 is 0 Å². The van der Waals surface area contributed by atoms with Crippen LogP contribution in [0.3, 0.4) is 0 Å². The third kappa shape index (κ3) is 4.46. The van der Waals surface area contributed by atoms with Crippen LogP contribution < -0.4 is 0 Å². The lowest BCUT2D eigenvalue weighted by Crippen LogP contribution is -2.51. The van der Waals surface area contributed by atoms with Crippen molar-refractivity contribution in [2.75, 3.05) is 39.4 Å². The zero-order valence-electron chi connectivity index (χ0n) is 14.4. The van der Waals surface area contributed by atoms with Gasteiger partial charge in [0.05, 0.1) is 24.7 Å². The molecular formula is C17H22FN3O4S. The first kappa shape index (κ1) is 18.9. The molecule has 0 bridgehead atoms. The minimum atomic E-state index is -3.45. The molecule has 0 radical (unpaired) electrons. The van der Waals surface area contributed by atoms with E-state index in [1.807, 2.05) is 0 Å². The van der Waals surface area contributed by atoms with Gasteiger partial charge in [0.1, 0.15) is 5.82 Å². The second kappa shape index (κ2) is 8.24. The Bertz CT molecular complexity index is 778. The lowest BCUT2D eigenvalue weighted by Gasteiger charge is -2.36. The summed E-state index contributed by atoms with van der Waals surface area (Å²) in [5, 5.41) is -0.595. The van der Waals surface area contributed by atoms with Gasteiger partial charge < -0.3 is 9.64 Å². The summed E-state index contributed by atoms with van der Waals surface area (Å²) in [6.07, 6.45) is 6.54. The molecule has 1 unspecified atom stereocenters. The summed E-state index contributed by atoms with van der Waals surface area (Å²) in [5.41, 5.74) is 0.479. The van der Waals surface area contributed by atoms with E-state index >= 15 is 0 Å². The van der Waals surface area contributed by atoms with Crippen LogP contribution in [0.1, 0.15) is 18.4 Å². The summed E-state index contributed by atoms with van der Waals surface area (Å²) in [6.45, 7) is 2.21. The summed E-state index contributed by atoms with van der Waals surface area (Å²) in [5.74, 6) is -0.759. The molecule has 1 amide bonds. The minimum Gasteiger partial charge on any atom is -0.379 e. The Morgan fingerprint density at radius 2 is 2.04 bits per heavy atom. The number of morpholine rings is 1. The van der Waals surface area contributed by atoms with Crippen molar-refractivity contribution >= 4 is 22.0 Å². The molecule has 2 aliphatic rings. The van der Waals surface area contributed by atoms with Crippen LogP contribution in [0, 0.1) is 5.82 Å². The Morgan fingerprint density at radius 3 is 2.77 bits per heavy atom. The van der Waals surface area contributed by atoms with Crippen LogP contribution in [-0.2, 0) is 19.6 Å². The number of likely N-dealkylation sites (tertiary alicyclic amines) is 1. The fraction of sp³-hybridized carbons (Fsp3) is 0.529. The van der Waals surface area contributed by atoms with Crippen molar-refractivity contribution in [3.8, 4) is 0 Å². The normalized spacial score (nSPS) is 22.7. The van der Waals surface area contributed by atoms with Gasteiger partial charge in [-0.1, -0.05) is 0 Å². The molecule has 26 heavy (non-hydrogen) atoms. The minimum absolute atomic E-state index is 0.171. The molecule has 3 heterocycles. The van der Waals surface area contributed by atoms with Crippen LogP contribution in [0.15, 0.2) is 24.5 Å². The van der Waals surface area contributed by atoms with Crippen LogP contribution in [0.4, 0.5) is 4.39 Å². The standard InChI is InChI=1S/C17H22FN3O4S/c18-15-10-14(11-19-12-15)3-4-17(22)20-5-1-2-16(13-20)26(23,24)21-6-8-25-9-7-21/h3-4,10-12,16H,1-2,5-9,13H2/b4-3+. The van der Waals surface area contributed by atoms with Crippen molar-refractivity contribution in [3.63, 3.8) is 0 Å². The third-order valence-corrected chi connectivity index (χ3v) is 6.90. The van der Waals surface area contributed by atoms with Crippen LogP contribution in [-0.4, -0.2) is 73.2 Å². The van der Waals surface area contributed by atoms with Gasteiger partial charge in [0.25, 0.3) is 0 Å². The number of hydrogen-bond donors (Lipinski definition) is 0. The molecule has 1 atom stereocenters. The maximum Gasteiger partial charge on any atom is 0.246 e. The maximum absolute atomic E-state index is 13.1. The number of nitrogens with zero attached hydrogens (tertiary/aromatic N) is 3. The first-order chi connectivity index (χ1) is 12.5. The highest BCUT2D eigenvalue weighted by molar-refractivity contribution is 7.89. The highest BCUT2D eigenvalue weighted by atomic mass is 32.2. The Balaban J connectivity index is 1.65. The topological polar surface area (TPSA) is 79.8 Å². The van der Waals surface area contributed by atoms with Crippen molar-refractivity contribution in [1.29, 1.82) is 0 Å². The molecule has 1 aromatic rings. The second-order valence-corrected chi connectivity index (χ2v) is 8.59. The number of sulfonamides is 1. The van der Waals surface area contributed by atoms with Gasteiger partial charge in [0.2, 0.25) is 15.9 Å². The molecule has 2 fully saturated rings. The lowest BCUT2D eigenvalue weighted by atomic mass is 10.1. The average Bonchev–Trinajstić information content (AvgIpc) is 2.67. The van der Waals surface area contributed by atoms with Crippen molar-refractivity contribution in [3.05, 3.63) is 35.9 Å². The summed E-state index contributed by atoms with van der Waals surface area (Å²) in [4.78, 5) is 17.7. The molecule has 0 aliphatic carbocycles. The molecule has 0 aromatic carbocycles. The lowest BCUT2D eigenvalue weighted by molar-refractivity contribution is -0.126. The van der Waals surface area contributed by atoms with Gasteiger partial charge in [-0.3, -0.25) is 9.78 Å². The average molecular weight is 383 g/mol. The first-order valence-corrected chi connectivity index (χ1v) is 10.1. The summed E-state index contributed by atoms with van der Waals surface area (Å²) in [6, 6.07) is 1.28. The molecule has 9 heteroatoms. The Kier molecular flexibility index (Phi) is 6.00. The number of aromatic nitrogens is 1. The van der Waals surface area contributed by atoms with E-state index in [-0.39, 0.29) is 12.5 Å². The summed E-state index contributed by atoms with van der Waals surface area (Å²) < 4.78 is 45.4. The molecule has 2 saturated heterocycles. The van der Waals surface area contributed by atoms with Crippen LogP contribution in [0.2, 0.25) is 0 Å². The number of rotatable bonds is 4. The number of carbonyl (C=O) groups is 1. The third-order valence-electron chi connectivity index (χ3n) is 4.59. The van der Waals surface area contributed by atoms with Crippen LogP contribution in [0.25, 0.3) is 6.08 Å². The van der Waals surface area contributed by atoms with Gasteiger partial charge in [-0.25, -0.2) is 12.8 Å². The zero-order valence-corrected chi connectivity index (χ0v) is 15.2. The molecule has 3 rings (SSSR count). The number of pyridine rings is 1. The van der Waals surface area contributed by atoms with Crippen molar-refractivity contribution in [1.82, 2.24) is 14.2 Å². The molecule has 1 aromatic heterocycles. The molecule has 7 nitrogen and oxygen atoms in total. The van der Waals surface area contributed by atoms with E-state index in [9.17, 15) is 17.6 Å². The Labute approximate surface area is 152 Å². The van der Waals surface area contributed by atoms with E-state index in [0.717, 1.165) is 6.20 Å². The van der Waals surface area contributed by atoms with Crippen molar-refractivity contribution in [2.24, 2.45) is 0 Å². The fourth-order valence-corrected chi connectivity index (χ4v) is 5.10. The largest absolute Gasteiger partial charge is 0.379 e. The smallest absolute Gasteiger partial charge is 0.246 e. The number of piperidine rings is 1. The van der Waals surface area contributed by atoms with Crippen molar-refractivity contribution in [2.45, 2.75) is 18.1 Å². The van der Waals surface area contributed by atoms with Gasteiger partial charge in [0.15, 0.2) is 0 Å². The maximum atomic E-state index is 13.1. The SMILES string of the molecule is O=C(/C=C/c1cncc(F)c1)N1CCCC(S(=O)(=O)N2CCOCC2)C1. The van der Waals surface area contributed by atoms with E-state index in [4.69, 9.17) is 4.74 Å². The van der Waals surface area contributed by atoms with Gasteiger partial charge in [0, 0.05) is 38.5 Å². The number of ether oxygens (including phenoxy) is 1. The number of amides is 1. The van der Waals surface area contributed by atoms with Crippen LogP contribution in [0.5, 0.6) is 0 Å². The molecular weight excluding hydrogens is 361 g/mol. The highest BCUT2D eigenvalue weighted by Gasteiger charge is 2.36. The summed E-state index contributed by atoms with van der Waals surface area (Å²) in [7, 11) is -3.45. The molecule has 142 valence electrons. The molecule has 0 N–H and O–H groups in total. The van der Waals surface area contributed by atoms with Crippen molar-refractivity contribution < 1.29 is 22.3 Å². The van der Waals surface area contributed by atoms with E-state index in [0.29, 0.717) is 51.3 Å². The van der Waals surface area contributed by atoms with Gasteiger partial charge in [-0.05, 0) is 30.5 Å². The van der Waals surface area contributed by atoms with E-state index in [2.05, 4.69) is 4.98 Å². The van der Waals surface area contributed by atoms with E-state index in [1.165, 1.54) is 33.6 Å². The Morgan fingerprint density at radius 1 is 1.27 bits per heavy atom. The number of halogens is 1. The number of hydrogen-bond acceptors (Lipinski definition) is 5. The molecule has 2 aliphatic heterocycles. The van der Waals surface area contributed by atoms with Gasteiger partial charge in [-0.15, -0.1) is 0 Å². The molecule has 0 spiro atoms. The number of carbonyl (C=O) groups excluding carboxylic acids is 1. The highest BCUT2D eigenvalue weighted by Crippen LogP contribution is 2.21. The second-order valence-electron chi connectivity index (χ2n) is 6.37. The zero-order chi connectivity index (χ0) is 18.6. The predicted octanol–water partition coefficient (Wildman–Crippen LogP) is 0.887. The molecule has 0 saturated carbocycles. The summed E-state index contributed by atoms with van der Waals surface area (Å²) >= 11 is 0. The Hall–Kier alpha value is -1.84. The van der Waals surface area contributed by atoms with E-state index < -0.39 is 21.1 Å². The quantitative estimate of drug-likeness (QED) is 0.722. The predicted molar refractivity (Wildman–Crippen MR) is 94.1 cm³/mol. The van der Waals surface area contributed by atoms with Gasteiger partial charge >= 0.3 is 0 Å². The van der Waals surface area contributed by atoms with Gasteiger partial charge in [-0.2, -0.15) is 4.31 Å². The monoisotopic (exact) mass is 383 g/mol. The van der Waals surface area contributed by atoms with E-state index in [1.54, 1.807) is 0 Å². The fourth-order valence-electron chi connectivity index (χ4n) is 3.19. The first-order valence-electron chi connectivity index (χ1n) is 8.61.